The molecular formula is C16H19N3O5S. The summed E-state index contributed by atoms with van der Waals surface area (Å²) in [5.41, 5.74) is 1.15. The van der Waals surface area contributed by atoms with Gasteiger partial charge < -0.3 is 15.0 Å². The fourth-order valence-electron chi connectivity index (χ4n) is 2.24. The van der Waals surface area contributed by atoms with Crippen LogP contribution >= 0.6 is 0 Å². The van der Waals surface area contributed by atoms with Crippen molar-refractivity contribution in [2.45, 2.75) is 11.3 Å². The molecule has 0 saturated carbocycles. The largest absolute Gasteiger partial charge is 0.481 e. The Kier molecular flexibility index (Phi) is 5.29. The van der Waals surface area contributed by atoms with Crippen LogP contribution in [0, 0.1) is 0 Å². The lowest BCUT2D eigenvalue weighted by atomic mass is 10.1. The summed E-state index contributed by atoms with van der Waals surface area (Å²) in [5.74, 6) is -1.46. The Hall–Kier alpha value is -2.65. The first-order valence-electron chi connectivity index (χ1n) is 7.32. The van der Waals surface area contributed by atoms with Crippen molar-refractivity contribution in [3.63, 3.8) is 0 Å². The number of nitrogens with one attached hydrogen (secondary N) is 1. The van der Waals surface area contributed by atoms with Crippen molar-refractivity contribution in [1.82, 2.24) is 8.87 Å². The minimum absolute atomic E-state index is 0.0183. The Morgan fingerprint density at radius 1 is 1.24 bits per heavy atom. The number of rotatable bonds is 6. The Labute approximate surface area is 145 Å². The SMILES string of the molecule is CN(C)S(=O)(=O)c1cc(C(=O)Nc2cccc(CC(=O)O)c2)n(C)c1. The van der Waals surface area contributed by atoms with Gasteiger partial charge >= 0.3 is 5.97 Å². The second-order valence-electron chi connectivity index (χ2n) is 5.68. The quantitative estimate of drug-likeness (QED) is 0.798. The molecule has 2 N–H and O–H groups in total. The fraction of sp³-hybridized carbons (Fsp3) is 0.250. The molecule has 0 aliphatic carbocycles. The zero-order valence-electron chi connectivity index (χ0n) is 14.1. The topological polar surface area (TPSA) is 109 Å². The van der Waals surface area contributed by atoms with Crippen molar-refractivity contribution in [1.29, 1.82) is 0 Å². The highest BCUT2D eigenvalue weighted by atomic mass is 32.2. The van der Waals surface area contributed by atoms with Gasteiger partial charge in [0.15, 0.2) is 0 Å². The van der Waals surface area contributed by atoms with Crippen molar-refractivity contribution in [3.8, 4) is 0 Å². The third-order valence-corrected chi connectivity index (χ3v) is 5.31. The van der Waals surface area contributed by atoms with Crippen molar-refractivity contribution in [2.75, 3.05) is 19.4 Å². The Morgan fingerprint density at radius 2 is 1.92 bits per heavy atom. The number of hydrogen-bond acceptors (Lipinski definition) is 4. The van der Waals surface area contributed by atoms with E-state index in [0.29, 0.717) is 11.3 Å². The predicted molar refractivity (Wildman–Crippen MR) is 92.0 cm³/mol. The average Bonchev–Trinajstić information content (AvgIpc) is 2.89. The number of anilines is 1. The zero-order chi connectivity index (χ0) is 18.8. The van der Waals surface area contributed by atoms with Crippen LogP contribution in [0.1, 0.15) is 16.1 Å². The molecular weight excluding hydrogens is 346 g/mol. The van der Waals surface area contributed by atoms with Crippen LogP contribution in [0.5, 0.6) is 0 Å². The van der Waals surface area contributed by atoms with Crippen LogP contribution in [0.4, 0.5) is 5.69 Å². The molecule has 25 heavy (non-hydrogen) atoms. The smallest absolute Gasteiger partial charge is 0.307 e. The number of amides is 1. The monoisotopic (exact) mass is 365 g/mol. The summed E-state index contributed by atoms with van der Waals surface area (Å²) < 4.78 is 26.8. The van der Waals surface area contributed by atoms with E-state index in [-0.39, 0.29) is 17.0 Å². The number of carboxylic acid groups (broad SMARTS) is 1. The second kappa shape index (κ2) is 7.08. The van der Waals surface area contributed by atoms with Crippen LogP contribution < -0.4 is 5.32 Å². The summed E-state index contributed by atoms with van der Waals surface area (Å²) in [6, 6.07) is 7.77. The van der Waals surface area contributed by atoms with Gasteiger partial charge in [-0.05, 0) is 23.8 Å². The van der Waals surface area contributed by atoms with Gasteiger partial charge in [0.25, 0.3) is 5.91 Å². The van der Waals surface area contributed by atoms with Gasteiger partial charge in [-0.25, -0.2) is 12.7 Å². The van der Waals surface area contributed by atoms with Gasteiger partial charge in [-0.2, -0.15) is 0 Å². The van der Waals surface area contributed by atoms with E-state index in [1.165, 1.54) is 30.9 Å². The second-order valence-corrected chi connectivity index (χ2v) is 7.84. The maximum atomic E-state index is 12.4. The molecule has 0 saturated heterocycles. The zero-order valence-corrected chi connectivity index (χ0v) is 14.9. The van der Waals surface area contributed by atoms with E-state index in [9.17, 15) is 18.0 Å². The molecule has 0 aliphatic heterocycles. The van der Waals surface area contributed by atoms with E-state index in [2.05, 4.69) is 5.32 Å². The standard InChI is InChI=1S/C16H19N3O5S/c1-18(2)25(23,24)13-9-14(19(3)10-13)16(22)17-12-6-4-5-11(7-12)8-15(20)21/h4-7,9-10H,8H2,1-3H3,(H,17,22)(H,20,21). The molecule has 2 aromatic rings. The van der Waals surface area contributed by atoms with Gasteiger partial charge in [-0.15, -0.1) is 0 Å². The minimum atomic E-state index is -3.64. The summed E-state index contributed by atoms with van der Waals surface area (Å²) in [7, 11) is 0.761. The molecule has 0 atom stereocenters. The number of aliphatic carboxylic acids is 1. The third-order valence-electron chi connectivity index (χ3n) is 3.53. The fourth-order valence-corrected chi connectivity index (χ4v) is 3.21. The van der Waals surface area contributed by atoms with Crippen LogP contribution in [0.15, 0.2) is 41.4 Å². The Balaban J connectivity index is 2.25. The van der Waals surface area contributed by atoms with Gasteiger partial charge in [0, 0.05) is 33.0 Å². The lowest BCUT2D eigenvalue weighted by molar-refractivity contribution is -0.136. The van der Waals surface area contributed by atoms with E-state index in [0.717, 1.165) is 4.31 Å². The number of carbonyl (C=O) groups is 2. The van der Waals surface area contributed by atoms with Crippen molar-refractivity contribution in [2.24, 2.45) is 7.05 Å². The first-order chi connectivity index (χ1) is 11.6. The number of aromatic nitrogens is 1. The Morgan fingerprint density at radius 3 is 2.52 bits per heavy atom. The summed E-state index contributed by atoms with van der Waals surface area (Å²) in [6.45, 7) is 0. The number of nitrogens with zero attached hydrogens (tertiary/aromatic N) is 2. The number of carboxylic acids is 1. The Bertz CT molecular complexity index is 916. The molecule has 0 unspecified atom stereocenters. The molecule has 9 heteroatoms. The molecule has 0 spiro atoms. The van der Waals surface area contributed by atoms with Crippen LogP contribution in [-0.2, 0) is 28.3 Å². The molecule has 0 bridgehead atoms. The molecule has 2 rings (SSSR count). The molecule has 134 valence electrons. The number of hydrogen-bond donors (Lipinski definition) is 2. The van der Waals surface area contributed by atoms with E-state index in [1.807, 2.05) is 0 Å². The molecule has 1 aromatic carbocycles. The van der Waals surface area contributed by atoms with Crippen molar-refractivity contribution >= 4 is 27.6 Å². The van der Waals surface area contributed by atoms with Gasteiger partial charge in [0.2, 0.25) is 10.0 Å². The number of sulfonamides is 1. The maximum Gasteiger partial charge on any atom is 0.307 e. The molecule has 1 heterocycles. The molecule has 1 aromatic heterocycles. The number of carbonyl (C=O) groups excluding carboxylic acids is 1. The third kappa shape index (κ3) is 4.25. The van der Waals surface area contributed by atoms with Crippen LogP contribution in [0.25, 0.3) is 0 Å². The van der Waals surface area contributed by atoms with E-state index in [1.54, 1.807) is 31.3 Å². The van der Waals surface area contributed by atoms with Crippen molar-refractivity contribution in [3.05, 3.63) is 47.8 Å². The van der Waals surface area contributed by atoms with E-state index in [4.69, 9.17) is 5.11 Å². The summed E-state index contributed by atoms with van der Waals surface area (Å²) in [6.07, 6.45) is 1.21. The molecule has 0 fully saturated rings. The van der Waals surface area contributed by atoms with E-state index >= 15 is 0 Å². The first-order valence-corrected chi connectivity index (χ1v) is 8.76. The van der Waals surface area contributed by atoms with Crippen LogP contribution in [0.3, 0.4) is 0 Å². The van der Waals surface area contributed by atoms with Crippen LogP contribution in [-0.4, -0.2) is 48.4 Å². The summed E-state index contributed by atoms with van der Waals surface area (Å²) >= 11 is 0. The highest BCUT2D eigenvalue weighted by Crippen LogP contribution is 2.18. The summed E-state index contributed by atoms with van der Waals surface area (Å²) in [4.78, 5) is 23.2. The number of aryl methyl sites for hydroxylation is 1. The first kappa shape index (κ1) is 18.7. The summed E-state index contributed by atoms with van der Waals surface area (Å²) in [5, 5.41) is 11.5. The lowest BCUT2D eigenvalue weighted by Gasteiger charge is -2.08. The molecule has 0 aliphatic rings. The molecule has 8 nitrogen and oxygen atoms in total. The average molecular weight is 365 g/mol. The van der Waals surface area contributed by atoms with Gasteiger partial charge in [0.1, 0.15) is 10.6 Å². The van der Waals surface area contributed by atoms with Gasteiger partial charge in [-0.3, -0.25) is 9.59 Å². The molecule has 0 radical (unpaired) electrons. The maximum absolute atomic E-state index is 12.4. The highest BCUT2D eigenvalue weighted by molar-refractivity contribution is 7.89. The number of benzene rings is 1. The minimum Gasteiger partial charge on any atom is -0.481 e. The normalized spacial score (nSPS) is 11.5. The van der Waals surface area contributed by atoms with Crippen LogP contribution in [0.2, 0.25) is 0 Å². The highest BCUT2D eigenvalue weighted by Gasteiger charge is 2.22. The lowest BCUT2D eigenvalue weighted by Crippen LogP contribution is -2.21. The van der Waals surface area contributed by atoms with Gasteiger partial charge in [0.05, 0.1) is 6.42 Å². The van der Waals surface area contributed by atoms with Crippen molar-refractivity contribution < 1.29 is 23.1 Å². The molecule has 1 amide bonds. The predicted octanol–water partition coefficient (Wildman–Crippen LogP) is 1.15. The van der Waals surface area contributed by atoms with E-state index < -0.39 is 21.9 Å². The van der Waals surface area contributed by atoms with Gasteiger partial charge in [-0.1, -0.05) is 12.1 Å².